The van der Waals surface area contributed by atoms with E-state index >= 15 is 0 Å². The Hall–Kier alpha value is -3.15. The highest BCUT2D eigenvalue weighted by Crippen LogP contribution is 2.36. The molecule has 1 aliphatic heterocycles. The number of hydrogen-bond donors (Lipinski definition) is 0. The molecule has 5 heteroatoms. The van der Waals surface area contributed by atoms with Crippen LogP contribution in [-0.2, 0) is 22.6 Å². The summed E-state index contributed by atoms with van der Waals surface area (Å²) in [5, 5.41) is 0.714. The second kappa shape index (κ2) is 10.2. The first-order valence-corrected chi connectivity index (χ1v) is 11.0. The summed E-state index contributed by atoms with van der Waals surface area (Å²) in [6.07, 6.45) is 2.77. The lowest BCUT2D eigenvalue weighted by molar-refractivity contribution is -0.113. The van der Waals surface area contributed by atoms with Crippen LogP contribution in [-0.4, -0.2) is 24.7 Å². The van der Waals surface area contributed by atoms with Crippen LogP contribution in [0.15, 0.2) is 94.8 Å². The zero-order valence-corrected chi connectivity index (χ0v) is 18.2. The number of carbonyl (C=O) groups is 1. The van der Waals surface area contributed by atoms with Gasteiger partial charge in [0.25, 0.3) is 5.91 Å². The molecule has 4 nitrogen and oxygen atoms in total. The van der Waals surface area contributed by atoms with Crippen molar-refractivity contribution >= 4 is 34.6 Å². The Morgan fingerprint density at radius 1 is 0.935 bits per heavy atom. The van der Waals surface area contributed by atoms with Gasteiger partial charge in [-0.25, -0.2) is 0 Å². The summed E-state index contributed by atoms with van der Waals surface area (Å²) in [6, 6.07) is 28.0. The average molecular weight is 429 g/mol. The molecule has 0 spiro atoms. The van der Waals surface area contributed by atoms with Crippen molar-refractivity contribution < 1.29 is 9.53 Å². The summed E-state index contributed by atoms with van der Waals surface area (Å²) < 4.78 is 5.23. The zero-order chi connectivity index (χ0) is 21.5. The first kappa shape index (κ1) is 21.1. The Labute approximate surface area is 187 Å². The van der Waals surface area contributed by atoms with Crippen LogP contribution >= 0.6 is 11.8 Å². The molecule has 3 aromatic carbocycles. The lowest BCUT2D eigenvalue weighted by Crippen LogP contribution is -2.29. The molecule has 0 radical (unpaired) electrons. The minimum Gasteiger partial charge on any atom is -0.380 e. The lowest BCUT2D eigenvalue weighted by atomic mass is 10.1. The van der Waals surface area contributed by atoms with E-state index in [1.807, 2.05) is 78.9 Å². The van der Waals surface area contributed by atoms with Gasteiger partial charge in [0.05, 0.1) is 17.2 Å². The summed E-state index contributed by atoms with van der Waals surface area (Å²) in [4.78, 5) is 20.5. The minimum atomic E-state index is -0.0493. The van der Waals surface area contributed by atoms with E-state index in [1.165, 1.54) is 17.3 Å². The summed E-state index contributed by atoms with van der Waals surface area (Å²) in [7, 11) is 1.68. The molecule has 0 saturated carbocycles. The summed E-state index contributed by atoms with van der Waals surface area (Å²) in [5.41, 5.74) is 4.11. The third kappa shape index (κ3) is 5.32. The lowest BCUT2D eigenvalue weighted by Gasteiger charge is -2.15. The fraction of sp³-hybridized carbons (Fsp3) is 0.154. The van der Waals surface area contributed by atoms with E-state index in [9.17, 15) is 4.79 Å². The standard InChI is InChI=1S/C26H24N2O2S/c1-30-19-22-12-8-11-21(17-22)18-24-25(29)28(23-13-6-3-7-14-23)26(31-24)27-16-15-20-9-4-2-5-10-20/h2-14,17-18H,15-16,19H2,1H3. The maximum atomic E-state index is 13.3. The summed E-state index contributed by atoms with van der Waals surface area (Å²) in [5.74, 6) is -0.0493. The number of nitrogens with zero attached hydrogens (tertiary/aromatic N) is 2. The number of anilines is 1. The molecule has 0 aromatic heterocycles. The van der Waals surface area contributed by atoms with Crippen LogP contribution in [0.2, 0.25) is 0 Å². The Balaban J connectivity index is 1.61. The van der Waals surface area contributed by atoms with Crippen molar-refractivity contribution in [3.05, 3.63) is 107 Å². The van der Waals surface area contributed by atoms with Crippen LogP contribution in [0.3, 0.4) is 0 Å². The van der Waals surface area contributed by atoms with Crippen LogP contribution in [0.1, 0.15) is 16.7 Å². The topological polar surface area (TPSA) is 41.9 Å². The molecule has 1 saturated heterocycles. The highest BCUT2D eigenvalue weighted by Gasteiger charge is 2.34. The molecule has 0 bridgehead atoms. The van der Waals surface area contributed by atoms with Gasteiger partial charge in [0.1, 0.15) is 0 Å². The molecule has 1 fully saturated rings. The van der Waals surface area contributed by atoms with Gasteiger partial charge >= 0.3 is 0 Å². The number of thioether (sulfide) groups is 1. The fourth-order valence-electron chi connectivity index (χ4n) is 3.40. The molecule has 1 aliphatic rings. The molecule has 0 atom stereocenters. The number of hydrogen-bond acceptors (Lipinski definition) is 4. The van der Waals surface area contributed by atoms with Crippen molar-refractivity contribution in [3.63, 3.8) is 0 Å². The van der Waals surface area contributed by atoms with Crippen molar-refractivity contribution in [1.82, 2.24) is 0 Å². The molecule has 1 amide bonds. The molecule has 3 aromatic rings. The third-order valence-corrected chi connectivity index (χ3v) is 5.88. The summed E-state index contributed by atoms with van der Waals surface area (Å²) in [6.45, 7) is 1.17. The predicted molar refractivity (Wildman–Crippen MR) is 129 cm³/mol. The normalized spacial score (nSPS) is 16.4. The Morgan fingerprint density at radius 2 is 1.65 bits per heavy atom. The maximum absolute atomic E-state index is 13.3. The Kier molecular flexibility index (Phi) is 6.97. The van der Waals surface area contributed by atoms with E-state index in [1.54, 1.807) is 12.0 Å². The first-order valence-electron chi connectivity index (χ1n) is 10.2. The number of carbonyl (C=O) groups excluding carboxylic acids is 1. The van der Waals surface area contributed by atoms with Gasteiger partial charge in [-0.05, 0) is 59.1 Å². The molecular formula is C26H24N2O2S. The number of para-hydroxylation sites is 1. The Morgan fingerprint density at radius 3 is 2.39 bits per heavy atom. The van der Waals surface area contributed by atoms with E-state index in [2.05, 4.69) is 12.1 Å². The van der Waals surface area contributed by atoms with Crippen molar-refractivity contribution in [2.75, 3.05) is 18.6 Å². The van der Waals surface area contributed by atoms with E-state index in [-0.39, 0.29) is 5.91 Å². The van der Waals surface area contributed by atoms with Crippen LogP contribution < -0.4 is 4.90 Å². The SMILES string of the molecule is COCc1cccc(C=C2SC(=NCCc3ccccc3)N(c3ccccc3)C2=O)c1. The molecule has 1 heterocycles. The average Bonchev–Trinajstić information content (AvgIpc) is 3.10. The second-order valence-electron chi connectivity index (χ2n) is 7.16. The second-order valence-corrected chi connectivity index (χ2v) is 8.17. The number of benzene rings is 3. The van der Waals surface area contributed by atoms with Crippen molar-refractivity contribution in [2.24, 2.45) is 4.99 Å². The largest absolute Gasteiger partial charge is 0.380 e. The zero-order valence-electron chi connectivity index (χ0n) is 17.4. The number of amides is 1. The van der Waals surface area contributed by atoms with E-state index in [4.69, 9.17) is 9.73 Å². The van der Waals surface area contributed by atoms with Crippen molar-refractivity contribution in [3.8, 4) is 0 Å². The maximum Gasteiger partial charge on any atom is 0.271 e. The highest BCUT2D eigenvalue weighted by molar-refractivity contribution is 8.19. The Bertz CT molecular complexity index is 1090. The van der Waals surface area contributed by atoms with Gasteiger partial charge in [-0.2, -0.15) is 0 Å². The van der Waals surface area contributed by atoms with Crippen LogP contribution in [0.4, 0.5) is 5.69 Å². The third-order valence-electron chi connectivity index (χ3n) is 4.87. The molecule has 0 N–H and O–H groups in total. The van der Waals surface area contributed by atoms with Crippen LogP contribution in [0.5, 0.6) is 0 Å². The van der Waals surface area contributed by atoms with Crippen molar-refractivity contribution in [1.29, 1.82) is 0 Å². The number of rotatable bonds is 7. The molecule has 156 valence electrons. The van der Waals surface area contributed by atoms with Crippen LogP contribution in [0.25, 0.3) is 6.08 Å². The number of ether oxygens (including phenoxy) is 1. The van der Waals surface area contributed by atoms with Crippen molar-refractivity contribution in [2.45, 2.75) is 13.0 Å². The van der Waals surface area contributed by atoms with Gasteiger partial charge in [0, 0.05) is 13.7 Å². The molecular weight excluding hydrogens is 404 g/mol. The van der Waals surface area contributed by atoms with Gasteiger partial charge in [-0.15, -0.1) is 0 Å². The van der Waals surface area contributed by atoms with Gasteiger partial charge in [-0.1, -0.05) is 66.7 Å². The molecule has 0 aliphatic carbocycles. The summed E-state index contributed by atoms with van der Waals surface area (Å²) >= 11 is 1.43. The monoisotopic (exact) mass is 428 g/mol. The van der Waals surface area contributed by atoms with E-state index < -0.39 is 0 Å². The highest BCUT2D eigenvalue weighted by atomic mass is 32.2. The molecule has 0 unspecified atom stereocenters. The molecule has 31 heavy (non-hydrogen) atoms. The van der Waals surface area contributed by atoms with E-state index in [0.29, 0.717) is 23.2 Å². The van der Waals surface area contributed by atoms with Gasteiger partial charge in [0.2, 0.25) is 0 Å². The van der Waals surface area contributed by atoms with Crippen LogP contribution in [0, 0.1) is 0 Å². The van der Waals surface area contributed by atoms with Gasteiger partial charge in [-0.3, -0.25) is 14.7 Å². The quantitative estimate of drug-likeness (QED) is 0.463. The van der Waals surface area contributed by atoms with E-state index in [0.717, 1.165) is 23.2 Å². The van der Waals surface area contributed by atoms with Gasteiger partial charge < -0.3 is 4.74 Å². The molecule has 4 rings (SSSR count). The number of amidine groups is 1. The number of aliphatic imine (C=N–C) groups is 1. The smallest absolute Gasteiger partial charge is 0.271 e. The number of methoxy groups -OCH3 is 1. The minimum absolute atomic E-state index is 0.0493. The van der Waals surface area contributed by atoms with Gasteiger partial charge in [0.15, 0.2) is 5.17 Å². The predicted octanol–water partition coefficient (Wildman–Crippen LogP) is 5.55. The first-order chi connectivity index (χ1) is 15.2. The fourth-order valence-corrected chi connectivity index (χ4v) is 4.41.